The van der Waals surface area contributed by atoms with Crippen LogP contribution in [0.1, 0.15) is 53.9 Å². The fraction of sp³-hybridized carbons (Fsp3) is 1.00. The van der Waals surface area contributed by atoms with Crippen molar-refractivity contribution in [2.24, 2.45) is 16.7 Å². The minimum Gasteiger partial charge on any atom is -0.376 e. The van der Waals surface area contributed by atoms with Crippen LogP contribution in [0.25, 0.3) is 0 Å². The van der Waals surface area contributed by atoms with Gasteiger partial charge in [-0.2, -0.15) is 0 Å². The topological polar surface area (TPSA) is 12.5 Å². The summed E-state index contributed by atoms with van der Waals surface area (Å²) in [6.07, 6.45) is 4.57. The molecule has 0 heterocycles. The van der Waals surface area contributed by atoms with Gasteiger partial charge in [0.1, 0.15) is 0 Å². The van der Waals surface area contributed by atoms with Gasteiger partial charge in [-0.1, -0.05) is 34.6 Å². The van der Waals surface area contributed by atoms with Crippen LogP contribution in [0.3, 0.4) is 0 Å². The fourth-order valence-electron chi connectivity index (χ4n) is 4.25. The lowest BCUT2D eigenvalue weighted by Crippen LogP contribution is -2.38. The third kappa shape index (κ3) is 2.12. The Balaban J connectivity index is 1.85. The maximum atomic E-state index is 6.27. The Morgan fingerprint density at radius 1 is 1.17 bits per heavy atom. The number of hydrogen-bond donors (Lipinski definition) is 0. The standard InChI is InChI=1S/C16H31NO/c1-6-17(7-2)10-11-18-14-12-13-8-9-16(14,5)15(13,3)4/h13-14H,6-12H2,1-5H3/t13-,14+,16-/m0/s1. The molecular weight excluding hydrogens is 222 g/mol. The first-order valence-electron chi connectivity index (χ1n) is 7.79. The van der Waals surface area contributed by atoms with Gasteiger partial charge in [0.05, 0.1) is 12.7 Å². The van der Waals surface area contributed by atoms with E-state index in [0.29, 0.717) is 16.9 Å². The van der Waals surface area contributed by atoms with E-state index in [1.165, 1.54) is 19.3 Å². The van der Waals surface area contributed by atoms with Gasteiger partial charge >= 0.3 is 0 Å². The van der Waals surface area contributed by atoms with Gasteiger partial charge in [0.25, 0.3) is 0 Å². The first-order valence-corrected chi connectivity index (χ1v) is 7.79. The number of ether oxygens (including phenoxy) is 1. The number of fused-ring (bicyclic) bond motifs is 2. The van der Waals surface area contributed by atoms with Gasteiger partial charge in [-0.25, -0.2) is 0 Å². The van der Waals surface area contributed by atoms with Crippen molar-refractivity contribution in [1.29, 1.82) is 0 Å². The van der Waals surface area contributed by atoms with Crippen LogP contribution in [0.5, 0.6) is 0 Å². The second kappa shape index (κ2) is 5.13. The molecule has 0 aromatic rings. The van der Waals surface area contributed by atoms with Crippen LogP contribution in [0.2, 0.25) is 0 Å². The Hall–Kier alpha value is -0.0800. The predicted octanol–water partition coefficient (Wildman–Crippen LogP) is 3.56. The van der Waals surface area contributed by atoms with E-state index in [0.717, 1.165) is 32.2 Å². The summed E-state index contributed by atoms with van der Waals surface area (Å²) >= 11 is 0. The summed E-state index contributed by atoms with van der Waals surface area (Å²) in [6, 6.07) is 0. The van der Waals surface area contributed by atoms with Crippen LogP contribution in [0.4, 0.5) is 0 Å². The Labute approximate surface area is 113 Å². The van der Waals surface area contributed by atoms with Crippen LogP contribution in [-0.4, -0.2) is 37.2 Å². The fourth-order valence-corrected chi connectivity index (χ4v) is 4.25. The lowest BCUT2D eigenvalue weighted by Gasteiger charge is -2.39. The zero-order valence-corrected chi connectivity index (χ0v) is 13.0. The summed E-state index contributed by atoms with van der Waals surface area (Å²) in [5.41, 5.74) is 0.897. The summed E-state index contributed by atoms with van der Waals surface area (Å²) in [4.78, 5) is 2.45. The van der Waals surface area contributed by atoms with Crippen molar-refractivity contribution in [3.63, 3.8) is 0 Å². The van der Waals surface area contributed by atoms with Crippen molar-refractivity contribution in [3.8, 4) is 0 Å². The normalized spacial score (nSPS) is 37.7. The molecule has 2 fully saturated rings. The molecule has 2 rings (SSSR count). The molecule has 18 heavy (non-hydrogen) atoms. The van der Waals surface area contributed by atoms with E-state index in [1.54, 1.807) is 0 Å². The van der Waals surface area contributed by atoms with Crippen molar-refractivity contribution < 1.29 is 4.74 Å². The van der Waals surface area contributed by atoms with Gasteiger partial charge in [-0.3, -0.25) is 0 Å². The van der Waals surface area contributed by atoms with Crippen LogP contribution < -0.4 is 0 Å². The Morgan fingerprint density at radius 2 is 1.83 bits per heavy atom. The van der Waals surface area contributed by atoms with E-state index in [9.17, 15) is 0 Å². The molecule has 2 heteroatoms. The zero-order valence-electron chi connectivity index (χ0n) is 13.0. The average Bonchev–Trinajstić information content (AvgIpc) is 2.67. The molecule has 2 aliphatic carbocycles. The number of hydrogen-bond acceptors (Lipinski definition) is 2. The van der Waals surface area contributed by atoms with Crippen LogP contribution >= 0.6 is 0 Å². The lowest BCUT2D eigenvalue weighted by atomic mass is 9.70. The van der Waals surface area contributed by atoms with Crippen molar-refractivity contribution in [2.75, 3.05) is 26.2 Å². The van der Waals surface area contributed by atoms with Crippen molar-refractivity contribution in [2.45, 2.75) is 60.0 Å². The average molecular weight is 253 g/mol. The van der Waals surface area contributed by atoms with Crippen molar-refractivity contribution in [3.05, 3.63) is 0 Å². The Bertz CT molecular complexity index is 285. The molecule has 0 aromatic carbocycles. The zero-order chi connectivity index (χ0) is 13.4. The van der Waals surface area contributed by atoms with E-state index in [2.05, 4.69) is 39.5 Å². The summed E-state index contributed by atoms with van der Waals surface area (Å²) in [5, 5.41) is 0. The second-order valence-electron chi connectivity index (χ2n) is 7.00. The molecule has 0 aromatic heterocycles. The molecule has 2 bridgehead atoms. The quantitative estimate of drug-likeness (QED) is 0.717. The number of nitrogens with zero attached hydrogens (tertiary/aromatic N) is 1. The molecule has 2 nitrogen and oxygen atoms in total. The predicted molar refractivity (Wildman–Crippen MR) is 76.8 cm³/mol. The number of rotatable bonds is 6. The Morgan fingerprint density at radius 3 is 2.28 bits per heavy atom. The molecule has 0 unspecified atom stereocenters. The van der Waals surface area contributed by atoms with E-state index in [-0.39, 0.29) is 0 Å². The maximum Gasteiger partial charge on any atom is 0.0637 e. The molecule has 2 aliphatic rings. The third-order valence-corrected chi connectivity index (χ3v) is 6.33. The second-order valence-corrected chi connectivity index (χ2v) is 7.00. The van der Waals surface area contributed by atoms with Crippen LogP contribution in [0, 0.1) is 16.7 Å². The molecule has 2 saturated carbocycles. The highest BCUT2D eigenvalue weighted by molar-refractivity contribution is 5.11. The molecule has 0 saturated heterocycles. The Kier molecular flexibility index (Phi) is 4.08. The molecular formula is C16H31NO. The van der Waals surface area contributed by atoms with Crippen molar-refractivity contribution >= 4 is 0 Å². The summed E-state index contributed by atoms with van der Waals surface area (Å²) in [6.45, 7) is 16.1. The van der Waals surface area contributed by atoms with Crippen LogP contribution in [0.15, 0.2) is 0 Å². The van der Waals surface area contributed by atoms with Crippen molar-refractivity contribution in [1.82, 2.24) is 4.90 Å². The highest BCUT2D eigenvalue weighted by atomic mass is 16.5. The minimum atomic E-state index is 0.418. The SMILES string of the molecule is CCN(CC)CCO[C@@H]1C[C@@H]2CC[C@]1(C)C2(C)C. The van der Waals surface area contributed by atoms with E-state index >= 15 is 0 Å². The molecule has 0 N–H and O–H groups in total. The molecule has 0 radical (unpaired) electrons. The maximum absolute atomic E-state index is 6.27. The van der Waals surface area contributed by atoms with Gasteiger partial charge in [0.15, 0.2) is 0 Å². The van der Waals surface area contributed by atoms with E-state index in [4.69, 9.17) is 4.74 Å². The van der Waals surface area contributed by atoms with Gasteiger partial charge in [0.2, 0.25) is 0 Å². The van der Waals surface area contributed by atoms with Gasteiger partial charge in [0, 0.05) is 6.54 Å². The molecule has 3 atom stereocenters. The van der Waals surface area contributed by atoms with E-state index in [1.807, 2.05) is 0 Å². The smallest absolute Gasteiger partial charge is 0.0637 e. The summed E-state index contributed by atoms with van der Waals surface area (Å²) in [7, 11) is 0. The molecule has 0 spiro atoms. The molecule has 0 aliphatic heterocycles. The van der Waals surface area contributed by atoms with Gasteiger partial charge in [-0.15, -0.1) is 0 Å². The summed E-state index contributed by atoms with van der Waals surface area (Å²) < 4.78 is 6.27. The highest BCUT2D eigenvalue weighted by Gasteiger charge is 2.61. The lowest BCUT2D eigenvalue weighted by molar-refractivity contribution is -0.0514. The van der Waals surface area contributed by atoms with Crippen LogP contribution in [-0.2, 0) is 4.74 Å². The first kappa shape index (κ1) is 14.3. The monoisotopic (exact) mass is 253 g/mol. The van der Waals surface area contributed by atoms with Gasteiger partial charge < -0.3 is 9.64 Å². The molecule has 0 amide bonds. The van der Waals surface area contributed by atoms with Gasteiger partial charge in [-0.05, 0) is 49.1 Å². The minimum absolute atomic E-state index is 0.418. The molecule has 106 valence electrons. The summed E-state index contributed by atoms with van der Waals surface area (Å²) in [5.74, 6) is 0.890. The largest absolute Gasteiger partial charge is 0.376 e. The first-order chi connectivity index (χ1) is 8.45. The highest BCUT2D eigenvalue weighted by Crippen LogP contribution is 2.66. The number of likely N-dealkylation sites (N-methyl/N-ethyl adjacent to an activating group) is 1. The third-order valence-electron chi connectivity index (χ3n) is 6.33. The van der Waals surface area contributed by atoms with E-state index < -0.39 is 0 Å².